The van der Waals surface area contributed by atoms with Gasteiger partial charge in [-0.25, -0.2) is 9.97 Å². The second kappa shape index (κ2) is 8.36. The molecule has 0 spiro atoms. The molecular weight excluding hydrogens is 474 g/mol. The van der Waals surface area contributed by atoms with Crippen molar-refractivity contribution < 1.29 is 23.0 Å². The minimum Gasteiger partial charge on any atom is -0.420 e. The summed E-state index contributed by atoms with van der Waals surface area (Å²) < 4.78 is 37.6. The van der Waals surface area contributed by atoms with Crippen LogP contribution in [0.5, 0.6) is 5.75 Å². The molecule has 4 aromatic rings. The molecule has 0 aliphatic carbocycles. The van der Waals surface area contributed by atoms with Gasteiger partial charge in [0.05, 0.1) is 34.9 Å². The SMILES string of the molecule is C[C@@H]1COCc2nc3cc(C(=O)Nc4ccc(OC(F)(F)Cl)cc4)cc(-c4cscn4)c3n21. The van der Waals surface area contributed by atoms with Crippen LogP contribution in [0, 0.1) is 0 Å². The van der Waals surface area contributed by atoms with E-state index in [1.54, 1.807) is 17.6 Å². The predicted molar refractivity (Wildman–Crippen MR) is 121 cm³/mol. The van der Waals surface area contributed by atoms with Gasteiger partial charge in [0.25, 0.3) is 5.91 Å². The Kier molecular flexibility index (Phi) is 5.51. The number of amides is 1. The summed E-state index contributed by atoms with van der Waals surface area (Å²) in [5.74, 6) is 0.296. The maximum Gasteiger partial charge on any atom is 0.487 e. The third-order valence-electron chi connectivity index (χ3n) is 5.21. The average Bonchev–Trinajstić information content (AvgIpc) is 3.41. The second-order valence-electron chi connectivity index (χ2n) is 7.55. The molecule has 2 aromatic heterocycles. The Balaban J connectivity index is 1.50. The zero-order chi connectivity index (χ0) is 23.2. The van der Waals surface area contributed by atoms with E-state index in [4.69, 9.17) is 21.3 Å². The van der Waals surface area contributed by atoms with E-state index in [9.17, 15) is 13.6 Å². The fourth-order valence-corrected chi connectivity index (χ4v) is 4.51. The molecule has 7 nitrogen and oxygen atoms in total. The molecular formula is C22H17ClF2N4O3S. The number of hydrogen-bond donors (Lipinski definition) is 1. The third kappa shape index (κ3) is 4.41. The lowest BCUT2D eigenvalue weighted by Gasteiger charge is -2.23. The molecule has 170 valence electrons. The molecule has 1 aliphatic rings. The van der Waals surface area contributed by atoms with Crippen molar-refractivity contribution in [3.8, 4) is 17.0 Å². The number of nitrogens with zero attached hydrogens (tertiary/aromatic N) is 3. The summed E-state index contributed by atoms with van der Waals surface area (Å²) in [6, 6.07) is 9.09. The average molecular weight is 491 g/mol. The summed E-state index contributed by atoms with van der Waals surface area (Å²) in [4.78, 5) is 22.2. The van der Waals surface area contributed by atoms with Crippen molar-refractivity contribution in [2.75, 3.05) is 11.9 Å². The first kappa shape index (κ1) is 21.7. The van der Waals surface area contributed by atoms with E-state index in [1.807, 2.05) is 5.38 Å². The van der Waals surface area contributed by atoms with Gasteiger partial charge in [0, 0.05) is 33.8 Å². The molecule has 0 saturated carbocycles. The molecule has 0 fully saturated rings. The standard InChI is InChI=1S/C22H17ClF2N4O3S/c1-12-8-31-9-19-28-17-7-13(6-16(20(17)29(12)19)18-10-33-11-26-18)21(30)27-14-2-4-15(5-3-14)32-22(23,24)25/h2-7,10-12H,8-9H2,1H3,(H,27,30)/t12-/m1/s1. The minimum absolute atomic E-state index is 0.0944. The Labute approximate surface area is 195 Å². The molecule has 3 heterocycles. The van der Waals surface area contributed by atoms with E-state index in [0.717, 1.165) is 22.6 Å². The lowest BCUT2D eigenvalue weighted by Crippen LogP contribution is -2.21. The van der Waals surface area contributed by atoms with Crippen LogP contribution in [0.15, 0.2) is 47.3 Å². The largest absolute Gasteiger partial charge is 0.487 e. The van der Waals surface area contributed by atoms with Gasteiger partial charge >= 0.3 is 5.57 Å². The van der Waals surface area contributed by atoms with Gasteiger partial charge in [-0.15, -0.1) is 20.1 Å². The van der Waals surface area contributed by atoms with Crippen LogP contribution in [-0.4, -0.2) is 32.6 Å². The Hall–Kier alpha value is -3.08. The minimum atomic E-state index is -3.81. The number of imidazole rings is 1. The van der Waals surface area contributed by atoms with Crippen LogP contribution in [-0.2, 0) is 11.3 Å². The Morgan fingerprint density at radius 3 is 2.82 bits per heavy atom. The number of rotatable bonds is 5. The zero-order valence-corrected chi connectivity index (χ0v) is 18.8. The summed E-state index contributed by atoms with van der Waals surface area (Å²) >= 11 is 6.24. The first-order chi connectivity index (χ1) is 15.8. The van der Waals surface area contributed by atoms with Crippen LogP contribution < -0.4 is 10.1 Å². The van der Waals surface area contributed by atoms with Gasteiger partial charge in [0.1, 0.15) is 18.2 Å². The fourth-order valence-electron chi connectivity index (χ4n) is 3.87. The van der Waals surface area contributed by atoms with Gasteiger partial charge in [0.2, 0.25) is 0 Å². The second-order valence-corrected chi connectivity index (χ2v) is 8.71. The molecule has 1 N–H and O–H groups in total. The Morgan fingerprint density at radius 2 is 2.12 bits per heavy atom. The number of halogens is 3. The highest BCUT2D eigenvalue weighted by Gasteiger charge is 2.28. The molecule has 1 atom stereocenters. The maximum absolute atomic E-state index is 13.0. The highest BCUT2D eigenvalue weighted by Crippen LogP contribution is 2.35. The van der Waals surface area contributed by atoms with Gasteiger partial charge < -0.3 is 19.4 Å². The van der Waals surface area contributed by atoms with Crippen molar-refractivity contribution in [3.05, 3.63) is 58.7 Å². The number of carbonyl (C=O) groups is 1. The monoisotopic (exact) mass is 490 g/mol. The van der Waals surface area contributed by atoms with E-state index in [1.165, 1.54) is 35.6 Å². The van der Waals surface area contributed by atoms with E-state index in [2.05, 4.69) is 26.5 Å². The third-order valence-corrected chi connectivity index (χ3v) is 5.87. The number of hydrogen-bond acceptors (Lipinski definition) is 6. The fraction of sp³-hybridized carbons (Fsp3) is 0.227. The molecule has 33 heavy (non-hydrogen) atoms. The maximum atomic E-state index is 13.0. The van der Waals surface area contributed by atoms with Crippen LogP contribution >= 0.6 is 22.9 Å². The van der Waals surface area contributed by atoms with Gasteiger partial charge in [-0.2, -0.15) is 0 Å². The summed E-state index contributed by atoms with van der Waals surface area (Å²) in [6.45, 7) is 3.03. The number of nitrogens with one attached hydrogen (secondary N) is 1. The summed E-state index contributed by atoms with van der Waals surface area (Å²) in [5, 5.41) is 4.69. The van der Waals surface area contributed by atoms with Crippen molar-refractivity contribution >= 4 is 45.6 Å². The van der Waals surface area contributed by atoms with E-state index in [-0.39, 0.29) is 17.7 Å². The number of anilines is 1. The topological polar surface area (TPSA) is 78.3 Å². The number of carbonyl (C=O) groups excluding carboxylic acids is 1. The number of fused-ring (bicyclic) bond motifs is 3. The van der Waals surface area contributed by atoms with Crippen LogP contribution in [0.2, 0.25) is 0 Å². The van der Waals surface area contributed by atoms with Crippen molar-refractivity contribution in [2.24, 2.45) is 0 Å². The smallest absolute Gasteiger partial charge is 0.420 e. The number of thiazole rings is 1. The zero-order valence-electron chi connectivity index (χ0n) is 17.2. The molecule has 2 aromatic carbocycles. The Bertz CT molecular complexity index is 1320. The van der Waals surface area contributed by atoms with Gasteiger partial charge in [0.15, 0.2) is 0 Å². The quantitative estimate of drug-likeness (QED) is 0.365. The molecule has 1 amide bonds. The van der Waals surface area contributed by atoms with E-state index < -0.39 is 5.57 Å². The van der Waals surface area contributed by atoms with E-state index in [0.29, 0.717) is 30.0 Å². The number of alkyl halides is 3. The molecule has 5 rings (SSSR count). The van der Waals surface area contributed by atoms with Gasteiger partial charge in [-0.05, 0) is 43.3 Å². The molecule has 1 aliphatic heterocycles. The van der Waals surface area contributed by atoms with Crippen LogP contribution in [0.1, 0.15) is 29.1 Å². The van der Waals surface area contributed by atoms with Crippen LogP contribution in [0.4, 0.5) is 14.5 Å². The molecule has 11 heteroatoms. The predicted octanol–water partition coefficient (Wildman–Crippen LogP) is 5.67. The van der Waals surface area contributed by atoms with Crippen LogP contribution in [0.25, 0.3) is 22.3 Å². The number of benzene rings is 2. The highest BCUT2D eigenvalue weighted by atomic mass is 35.5. The van der Waals surface area contributed by atoms with Crippen molar-refractivity contribution in [1.82, 2.24) is 14.5 Å². The lowest BCUT2D eigenvalue weighted by atomic mass is 10.0. The molecule has 0 radical (unpaired) electrons. The first-order valence-corrected chi connectivity index (χ1v) is 11.3. The summed E-state index contributed by atoms with van der Waals surface area (Å²) in [6.07, 6.45) is 0. The normalized spacial score (nSPS) is 15.9. The van der Waals surface area contributed by atoms with Gasteiger partial charge in [-0.1, -0.05) is 0 Å². The van der Waals surface area contributed by atoms with Crippen LogP contribution in [0.3, 0.4) is 0 Å². The number of aromatic nitrogens is 3. The van der Waals surface area contributed by atoms with E-state index >= 15 is 0 Å². The molecule has 0 unspecified atom stereocenters. The van der Waals surface area contributed by atoms with Crippen molar-refractivity contribution in [3.63, 3.8) is 0 Å². The van der Waals surface area contributed by atoms with Crippen molar-refractivity contribution in [1.29, 1.82) is 0 Å². The number of ether oxygens (including phenoxy) is 2. The lowest BCUT2D eigenvalue weighted by molar-refractivity contribution is -0.0964. The van der Waals surface area contributed by atoms with Crippen molar-refractivity contribution in [2.45, 2.75) is 25.1 Å². The Morgan fingerprint density at radius 1 is 1.33 bits per heavy atom. The van der Waals surface area contributed by atoms with Gasteiger partial charge in [-0.3, -0.25) is 4.79 Å². The highest BCUT2D eigenvalue weighted by molar-refractivity contribution is 7.07. The molecule has 0 saturated heterocycles. The molecule has 0 bridgehead atoms. The summed E-state index contributed by atoms with van der Waals surface area (Å²) in [7, 11) is 0. The summed E-state index contributed by atoms with van der Waals surface area (Å²) in [5.41, 5.74) is 1.87. The first-order valence-electron chi connectivity index (χ1n) is 9.97.